The summed E-state index contributed by atoms with van der Waals surface area (Å²) in [6.07, 6.45) is 2.03. The molecular weight excluding hydrogens is 284 g/mol. The molecule has 0 radical (unpaired) electrons. The van der Waals surface area contributed by atoms with Crippen molar-refractivity contribution in [3.8, 4) is 0 Å². The van der Waals surface area contributed by atoms with Crippen molar-refractivity contribution in [2.75, 3.05) is 19.6 Å². The van der Waals surface area contributed by atoms with Crippen LogP contribution in [0.4, 0.5) is 0 Å². The van der Waals surface area contributed by atoms with Gasteiger partial charge in [0.1, 0.15) is 0 Å². The number of rotatable bonds is 0. The summed E-state index contributed by atoms with van der Waals surface area (Å²) in [5.41, 5.74) is 5.62. The van der Waals surface area contributed by atoms with Crippen LogP contribution < -0.4 is 0 Å². The molecule has 0 unspecified atom stereocenters. The van der Waals surface area contributed by atoms with Gasteiger partial charge in [-0.05, 0) is 35.1 Å². The zero-order valence-electron chi connectivity index (χ0n) is 13.1. The fourth-order valence-electron chi connectivity index (χ4n) is 4.68. The molecule has 3 aliphatic heterocycles. The number of hydrogen-bond acceptors (Lipinski definition) is 2. The second kappa shape index (κ2) is 4.93. The zero-order valence-corrected chi connectivity index (χ0v) is 13.1. The first-order valence-corrected chi connectivity index (χ1v) is 8.52. The standard InChI is InChI=1S/C20H20N2O/c23-18-13-21-11-9-14-5-1-3-7-16(14)19(21)20-17-8-4-2-6-15(17)10-12-22(18)20/h1-8,19-20H,9-13H2/t19-,20-/m1/s1. The van der Waals surface area contributed by atoms with Crippen molar-refractivity contribution < 1.29 is 4.79 Å². The van der Waals surface area contributed by atoms with Crippen LogP contribution in [-0.2, 0) is 17.6 Å². The molecule has 0 N–H and O–H groups in total. The van der Waals surface area contributed by atoms with Gasteiger partial charge in [-0.25, -0.2) is 0 Å². The van der Waals surface area contributed by atoms with E-state index >= 15 is 0 Å². The first-order chi connectivity index (χ1) is 11.3. The largest absolute Gasteiger partial charge is 0.332 e. The summed E-state index contributed by atoms with van der Waals surface area (Å²) >= 11 is 0. The molecule has 1 saturated heterocycles. The molecule has 2 aromatic rings. The topological polar surface area (TPSA) is 23.6 Å². The van der Waals surface area contributed by atoms with Crippen LogP contribution in [0, 0.1) is 0 Å². The predicted octanol–water partition coefficient (Wildman–Crippen LogP) is 2.73. The van der Waals surface area contributed by atoms with Crippen molar-refractivity contribution in [2.24, 2.45) is 0 Å². The average Bonchev–Trinajstić information content (AvgIpc) is 2.61. The van der Waals surface area contributed by atoms with Crippen LogP contribution in [0.25, 0.3) is 0 Å². The van der Waals surface area contributed by atoms with Crippen LogP contribution in [0.15, 0.2) is 48.5 Å². The highest BCUT2D eigenvalue weighted by molar-refractivity contribution is 5.80. The Balaban J connectivity index is 1.70. The smallest absolute Gasteiger partial charge is 0.237 e. The van der Waals surface area contributed by atoms with E-state index in [1.54, 1.807) is 0 Å². The number of fused-ring (bicyclic) bond motifs is 7. The number of carbonyl (C=O) groups excluding carboxylic acids is 1. The monoisotopic (exact) mass is 304 g/mol. The van der Waals surface area contributed by atoms with Gasteiger partial charge in [-0.3, -0.25) is 9.69 Å². The summed E-state index contributed by atoms with van der Waals surface area (Å²) in [5.74, 6) is 0.292. The number of carbonyl (C=O) groups is 1. The van der Waals surface area contributed by atoms with E-state index in [0.29, 0.717) is 18.5 Å². The summed E-state index contributed by atoms with van der Waals surface area (Å²) < 4.78 is 0. The van der Waals surface area contributed by atoms with E-state index in [2.05, 4.69) is 58.3 Å². The Hall–Kier alpha value is -2.13. The molecule has 5 rings (SSSR count). The summed E-state index contributed by atoms with van der Waals surface area (Å²) in [6, 6.07) is 17.9. The van der Waals surface area contributed by atoms with E-state index in [-0.39, 0.29) is 6.04 Å². The maximum atomic E-state index is 12.7. The lowest BCUT2D eigenvalue weighted by molar-refractivity contribution is -0.145. The highest BCUT2D eigenvalue weighted by Crippen LogP contribution is 2.47. The Bertz CT molecular complexity index is 785. The Kier molecular flexibility index (Phi) is 2.86. The fourth-order valence-corrected chi connectivity index (χ4v) is 4.68. The van der Waals surface area contributed by atoms with Gasteiger partial charge in [-0.15, -0.1) is 0 Å². The third-order valence-corrected chi connectivity index (χ3v) is 5.72. The molecule has 0 spiro atoms. The number of benzene rings is 2. The molecule has 3 nitrogen and oxygen atoms in total. The molecule has 2 aromatic carbocycles. The van der Waals surface area contributed by atoms with Crippen LogP contribution >= 0.6 is 0 Å². The van der Waals surface area contributed by atoms with Gasteiger partial charge in [-0.1, -0.05) is 48.5 Å². The minimum Gasteiger partial charge on any atom is -0.332 e. The van der Waals surface area contributed by atoms with Gasteiger partial charge in [0.15, 0.2) is 0 Å². The maximum absolute atomic E-state index is 12.7. The molecule has 3 aliphatic rings. The summed E-state index contributed by atoms with van der Waals surface area (Å²) in [6.45, 7) is 2.41. The van der Waals surface area contributed by atoms with Crippen LogP contribution in [0.1, 0.15) is 34.3 Å². The average molecular weight is 304 g/mol. The van der Waals surface area contributed by atoms with Crippen LogP contribution in [0.3, 0.4) is 0 Å². The number of hydrogen-bond donors (Lipinski definition) is 0. The molecule has 0 bridgehead atoms. The Morgan fingerprint density at radius 3 is 2.13 bits per heavy atom. The van der Waals surface area contributed by atoms with Gasteiger partial charge in [0.2, 0.25) is 5.91 Å². The molecule has 1 amide bonds. The minimum absolute atomic E-state index is 0.169. The predicted molar refractivity (Wildman–Crippen MR) is 89.1 cm³/mol. The van der Waals surface area contributed by atoms with Crippen molar-refractivity contribution >= 4 is 5.91 Å². The number of nitrogens with zero attached hydrogens (tertiary/aromatic N) is 2. The van der Waals surface area contributed by atoms with Crippen LogP contribution in [0.5, 0.6) is 0 Å². The number of amides is 1. The summed E-state index contributed by atoms with van der Waals surface area (Å²) in [4.78, 5) is 17.2. The molecule has 1 fully saturated rings. The zero-order chi connectivity index (χ0) is 15.4. The van der Waals surface area contributed by atoms with Crippen molar-refractivity contribution in [1.29, 1.82) is 0 Å². The normalized spacial score (nSPS) is 26.1. The third-order valence-electron chi connectivity index (χ3n) is 5.72. The first-order valence-electron chi connectivity index (χ1n) is 8.52. The van der Waals surface area contributed by atoms with Crippen molar-refractivity contribution in [3.05, 3.63) is 70.8 Å². The van der Waals surface area contributed by atoms with Crippen LogP contribution in [0.2, 0.25) is 0 Å². The molecule has 3 heterocycles. The van der Waals surface area contributed by atoms with Gasteiger partial charge in [-0.2, -0.15) is 0 Å². The van der Waals surface area contributed by atoms with E-state index in [1.807, 2.05) is 0 Å². The van der Waals surface area contributed by atoms with Gasteiger partial charge in [0.05, 0.1) is 18.6 Å². The van der Waals surface area contributed by atoms with Crippen molar-refractivity contribution in [1.82, 2.24) is 9.80 Å². The summed E-state index contributed by atoms with van der Waals surface area (Å²) in [5, 5.41) is 0. The molecular formula is C20H20N2O. The van der Waals surface area contributed by atoms with E-state index in [4.69, 9.17) is 0 Å². The quantitative estimate of drug-likeness (QED) is 0.747. The molecule has 2 atom stereocenters. The van der Waals surface area contributed by atoms with Crippen LogP contribution in [-0.4, -0.2) is 35.3 Å². The third kappa shape index (κ3) is 1.89. The minimum atomic E-state index is 0.169. The van der Waals surface area contributed by atoms with E-state index in [0.717, 1.165) is 25.9 Å². The van der Waals surface area contributed by atoms with Gasteiger partial charge in [0, 0.05) is 13.1 Å². The van der Waals surface area contributed by atoms with E-state index < -0.39 is 0 Å². The second-order valence-corrected chi connectivity index (χ2v) is 6.84. The summed E-state index contributed by atoms with van der Waals surface area (Å²) in [7, 11) is 0. The molecule has 116 valence electrons. The Labute approximate surface area is 136 Å². The number of piperazine rings is 1. The SMILES string of the molecule is O=C1CN2CCc3ccccc3[C@@H]2[C@H]2c3ccccc3CCN12. The maximum Gasteiger partial charge on any atom is 0.237 e. The molecule has 0 aromatic heterocycles. The molecule has 23 heavy (non-hydrogen) atoms. The Morgan fingerprint density at radius 1 is 0.783 bits per heavy atom. The highest BCUT2D eigenvalue weighted by atomic mass is 16.2. The lowest BCUT2D eigenvalue weighted by Gasteiger charge is -2.52. The molecule has 3 heteroatoms. The van der Waals surface area contributed by atoms with Gasteiger partial charge >= 0.3 is 0 Å². The Morgan fingerprint density at radius 2 is 1.39 bits per heavy atom. The lowest BCUT2D eigenvalue weighted by atomic mass is 9.79. The first kappa shape index (κ1) is 13.3. The van der Waals surface area contributed by atoms with Gasteiger partial charge < -0.3 is 4.90 Å². The van der Waals surface area contributed by atoms with Crippen molar-refractivity contribution in [2.45, 2.75) is 24.9 Å². The van der Waals surface area contributed by atoms with E-state index in [1.165, 1.54) is 22.3 Å². The van der Waals surface area contributed by atoms with E-state index in [9.17, 15) is 4.79 Å². The fraction of sp³-hybridized carbons (Fsp3) is 0.350. The van der Waals surface area contributed by atoms with Crippen molar-refractivity contribution in [3.63, 3.8) is 0 Å². The molecule has 0 saturated carbocycles. The lowest BCUT2D eigenvalue weighted by Crippen LogP contribution is -2.57. The van der Waals surface area contributed by atoms with Gasteiger partial charge in [0.25, 0.3) is 0 Å². The second-order valence-electron chi connectivity index (χ2n) is 6.84. The molecule has 0 aliphatic carbocycles. The highest BCUT2D eigenvalue weighted by Gasteiger charge is 2.46.